The van der Waals surface area contributed by atoms with E-state index in [9.17, 15) is 27.3 Å². The third-order valence-electron chi connectivity index (χ3n) is 5.37. The van der Waals surface area contributed by atoms with Gasteiger partial charge in [0, 0.05) is 61.9 Å². The number of nitro benzene ring substituents is 1. The van der Waals surface area contributed by atoms with Crippen molar-refractivity contribution in [3.8, 4) is 0 Å². The summed E-state index contributed by atoms with van der Waals surface area (Å²) in [6.07, 6.45) is 1.60. The highest BCUT2D eigenvalue weighted by molar-refractivity contribution is 7.90. The molecule has 3 rings (SSSR count). The number of rotatable bonds is 6. The van der Waals surface area contributed by atoms with Crippen LogP contribution in [0.3, 0.4) is 0 Å². The lowest BCUT2D eigenvalue weighted by atomic mass is 10.0. The van der Waals surface area contributed by atoms with Crippen LogP contribution in [0.15, 0.2) is 41.3 Å². The molecule has 7 nitrogen and oxygen atoms in total. The lowest BCUT2D eigenvalue weighted by molar-refractivity contribution is -0.387. The number of hydrogen-bond donors (Lipinski definition) is 0. The Morgan fingerprint density at radius 2 is 1.77 bits per heavy atom. The van der Waals surface area contributed by atoms with Gasteiger partial charge in [-0.3, -0.25) is 15.0 Å². The Kier molecular flexibility index (Phi) is 6.37. The van der Waals surface area contributed by atoms with E-state index in [1.807, 2.05) is 11.8 Å². The molecule has 0 saturated carbocycles. The Morgan fingerprint density at radius 1 is 1.10 bits per heavy atom. The number of nitro groups is 1. The van der Waals surface area contributed by atoms with Gasteiger partial charge in [0.05, 0.1) is 4.92 Å². The minimum absolute atomic E-state index is 0.198. The molecule has 1 heterocycles. The van der Waals surface area contributed by atoms with E-state index >= 15 is 0 Å². The molecule has 30 heavy (non-hydrogen) atoms. The summed E-state index contributed by atoms with van der Waals surface area (Å²) in [5.41, 5.74) is 0.585. The fourth-order valence-corrected chi connectivity index (χ4v) is 4.74. The van der Waals surface area contributed by atoms with Crippen molar-refractivity contribution < 1.29 is 22.1 Å². The van der Waals surface area contributed by atoms with E-state index in [1.165, 1.54) is 24.3 Å². The fourth-order valence-electron chi connectivity index (χ4n) is 3.89. The van der Waals surface area contributed by atoms with Crippen molar-refractivity contribution >= 4 is 21.2 Å². The molecule has 0 amide bonds. The van der Waals surface area contributed by atoms with E-state index in [1.54, 1.807) is 6.07 Å². The highest BCUT2D eigenvalue weighted by Gasteiger charge is 2.28. The second kappa shape index (κ2) is 8.65. The average Bonchev–Trinajstić information content (AvgIpc) is 2.69. The molecule has 162 valence electrons. The second-order valence-electron chi connectivity index (χ2n) is 7.29. The molecule has 1 fully saturated rings. The summed E-state index contributed by atoms with van der Waals surface area (Å²) < 4.78 is 51.5. The summed E-state index contributed by atoms with van der Waals surface area (Å²) in [4.78, 5) is 14.2. The lowest BCUT2D eigenvalue weighted by Gasteiger charge is -2.40. The first-order chi connectivity index (χ1) is 14.1. The summed E-state index contributed by atoms with van der Waals surface area (Å²) >= 11 is 0. The maximum Gasteiger partial charge on any atom is 0.288 e. The quantitative estimate of drug-likeness (QED) is 0.506. The van der Waals surface area contributed by atoms with Crippen LogP contribution in [0.25, 0.3) is 0 Å². The topological polar surface area (TPSA) is 83.8 Å². The summed E-state index contributed by atoms with van der Waals surface area (Å²) in [6.45, 7) is 4.19. The summed E-state index contributed by atoms with van der Waals surface area (Å²) in [6, 6.07) is 7.50. The molecule has 2 aromatic rings. The van der Waals surface area contributed by atoms with Crippen LogP contribution >= 0.6 is 0 Å². The number of nitrogens with zero attached hydrogens (tertiary/aromatic N) is 3. The zero-order chi connectivity index (χ0) is 22.1. The number of anilines is 1. The van der Waals surface area contributed by atoms with Gasteiger partial charge < -0.3 is 4.90 Å². The normalized spacial score (nSPS) is 16.5. The van der Waals surface area contributed by atoms with Crippen molar-refractivity contribution in [3.05, 3.63) is 63.7 Å². The van der Waals surface area contributed by atoms with Gasteiger partial charge >= 0.3 is 0 Å². The van der Waals surface area contributed by atoms with E-state index in [4.69, 9.17) is 0 Å². The highest BCUT2D eigenvalue weighted by Crippen LogP contribution is 2.32. The van der Waals surface area contributed by atoms with Crippen molar-refractivity contribution in [2.24, 2.45) is 0 Å². The zero-order valence-electron chi connectivity index (χ0n) is 16.7. The molecule has 0 aliphatic carbocycles. The SMILES string of the molecule is CCC(c1ccc(F)cc1F)N1CCN(c2ccc([N+](=O)[O-])c(S(C)(=O)=O)c2)CC1. The van der Waals surface area contributed by atoms with Gasteiger partial charge in [0.1, 0.15) is 16.5 Å². The van der Waals surface area contributed by atoms with E-state index < -0.39 is 32.1 Å². The molecular weight excluding hydrogens is 416 g/mol. The smallest absolute Gasteiger partial charge is 0.288 e. The van der Waals surface area contributed by atoms with Crippen LogP contribution < -0.4 is 4.90 Å². The Labute approximate surface area is 174 Å². The van der Waals surface area contributed by atoms with Crippen LogP contribution in [0, 0.1) is 21.7 Å². The maximum absolute atomic E-state index is 14.3. The molecule has 0 N–H and O–H groups in total. The summed E-state index contributed by atoms with van der Waals surface area (Å²) in [5.74, 6) is -1.19. The minimum Gasteiger partial charge on any atom is -0.369 e. The third-order valence-corrected chi connectivity index (χ3v) is 6.49. The van der Waals surface area contributed by atoms with Crippen molar-refractivity contribution in [1.29, 1.82) is 0 Å². The first kappa shape index (κ1) is 22.1. The van der Waals surface area contributed by atoms with E-state index in [2.05, 4.69) is 4.90 Å². The summed E-state index contributed by atoms with van der Waals surface area (Å²) in [5, 5.41) is 11.2. The number of piperazine rings is 1. The van der Waals surface area contributed by atoms with Gasteiger partial charge in [-0.1, -0.05) is 13.0 Å². The first-order valence-electron chi connectivity index (χ1n) is 9.54. The van der Waals surface area contributed by atoms with Gasteiger partial charge in [-0.2, -0.15) is 0 Å². The molecule has 2 aromatic carbocycles. The Hall–Kier alpha value is -2.59. The molecule has 0 spiro atoms. The highest BCUT2D eigenvalue weighted by atomic mass is 32.2. The van der Waals surface area contributed by atoms with Crippen molar-refractivity contribution in [2.45, 2.75) is 24.3 Å². The largest absolute Gasteiger partial charge is 0.369 e. The van der Waals surface area contributed by atoms with Crippen LogP contribution in [0.4, 0.5) is 20.2 Å². The number of hydrogen-bond acceptors (Lipinski definition) is 6. The average molecular weight is 439 g/mol. The molecule has 0 aromatic heterocycles. The molecule has 1 saturated heterocycles. The van der Waals surface area contributed by atoms with Gasteiger partial charge in [0.25, 0.3) is 5.69 Å². The Morgan fingerprint density at radius 3 is 2.30 bits per heavy atom. The van der Waals surface area contributed by atoms with Crippen molar-refractivity contribution in [2.75, 3.05) is 37.3 Å². The minimum atomic E-state index is -3.76. The molecule has 1 aliphatic rings. The van der Waals surface area contributed by atoms with Crippen LogP contribution in [-0.2, 0) is 9.84 Å². The molecule has 1 atom stereocenters. The Bertz CT molecular complexity index is 1050. The number of benzene rings is 2. The van der Waals surface area contributed by atoms with Crippen LogP contribution in [-0.4, -0.2) is 50.7 Å². The molecular formula is C20H23F2N3O4S. The third kappa shape index (κ3) is 4.59. The first-order valence-corrected chi connectivity index (χ1v) is 11.4. The second-order valence-corrected chi connectivity index (χ2v) is 9.28. The predicted molar refractivity (Wildman–Crippen MR) is 109 cm³/mol. The monoisotopic (exact) mass is 439 g/mol. The zero-order valence-corrected chi connectivity index (χ0v) is 17.5. The van der Waals surface area contributed by atoms with Gasteiger partial charge in [-0.15, -0.1) is 0 Å². The molecule has 1 unspecified atom stereocenters. The molecule has 10 heteroatoms. The Balaban J connectivity index is 1.79. The van der Waals surface area contributed by atoms with E-state index in [0.717, 1.165) is 12.3 Å². The fraction of sp³-hybridized carbons (Fsp3) is 0.400. The van der Waals surface area contributed by atoms with E-state index in [-0.39, 0.29) is 10.9 Å². The summed E-state index contributed by atoms with van der Waals surface area (Å²) in [7, 11) is -3.76. The van der Waals surface area contributed by atoms with E-state index in [0.29, 0.717) is 43.9 Å². The van der Waals surface area contributed by atoms with Crippen LogP contribution in [0.5, 0.6) is 0 Å². The van der Waals surface area contributed by atoms with Crippen molar-refractivity contribution in [1.82, 2.24) is 4.90 Å². The molecule has 0 bridgehead atoms. The predicted octanol–water partition coefficient (Wildman–Crippen LogP) is 3.55. The van der Waals surface area contributed by atoms with Crippen LogP contribution in [0.2, 0.25) is 0 Å². The standard InChI is InChI=1S/C20H23F2N3O4S/c1-3-18(16-6-4-14(21)12-17(16)22)24-10-8-23(9-11-24)15-5-7-19(25(26)27)20(13-15)30(2,28)29/h4-7,12-13,18H,3,8-11H2,1-2H3. The maximum atomic E-state index is 14.3. The lowest BCUT2D eigenvalue weighted by Crippen LogP contribution is -2.47. The molecule has 1 aliphatic heterocycles. The van der Waals surface area contributed by atoms with Gasteiger partial charge in [-0.25, -0.2) is 17.2 Å². The molecule has 0 radical (unpaired) electrons. The van der Waals surface area contributed by atoms with Gasteiger partial charge in [0.15, 0.2) is 9.84 Å². The van der Waals surface area contributed by atoms with Crippen molar-refractivity contribution in [3.63, 3.8) is 0 Å². The number of sulfone groups is 1. The number of halogens is 2. The van der Waals surface area contributed by atoms with Gasteiger partial charge in [0.2, 0.25) is 0 Å². The van der Waals surface area contributed by atoms with Crippen LogP contribution in [0.1, 0.15) is 24.9 Å². The van der Waals surface area contributed by atoms with Gasteiger partial charge in [-0.05, 0) is 24.6 Å².